The minimum atomic E-state index is -0.339. The molecule has 1 aromatic carbocycles. The number of esters is 1. The number of carbonyl (C=O) groups is 2. The van der Waals surface area contributed by atoms with Crippen molar-refractivity contribution in [2.24, 2.45) is 0 Å². The Morgan fingerprint density at radius 2 is 2.20 bits per heavy atom. The molecule has 80 valence electrons. The highest BCUT2D eigenvalue weighted by Crippen LogP contribution is 2.16. The van der Waals surface area contributed by atoms with Crippen molar-refractivity contribution in [1.29, 1.82) is 0 Å². The molecule has 0 saturated heterocycles. The van der Waals surface area contributed by atoms with Gasteiger partial charge in [0.15, 0.2) is 0 Å². The summed E-state index contributed by atoms with van der Waals surface area (Å²) in [5.74, 6) is -0.339. The maximum absolute atomic E-state index is 11.5. The second-order valence-electron chi connectivity index (χ2n) is 3.31. The van der Waals surface area contributed by atoms with Gasteiger partial charge in [-0.3, -0.25) is 0 Å². The molecule has 0 unspecified atom stereocenters. The number of rotatable bonds is 4. The minimum absolute atomic E-state index is 0.339. The third-order valence-corrected chi connectivity index (χ3v) is 2.28. The Bertz CT molecular complexity index is 369. The van der Waals surface area contributed by atoms with Gasteiger partial charge in [0, 0.05) is 6.42 Å². The number of methoxy groups -OCH3 is 1. The summed E-state index contributed by atoms with van der Waals surface area (Å²) >= 11 is 0. The Morgan fingerprint density at radius 3 is 2.80 bits per heavy atom. The molecule has 0 radical (unpaired) electrons. The Morgan fingerprint density at radius 1 is 1.47 bits per heavy atom. The Labute approximate surface area is 89.1 Å². The molecule has 0 N–H and O–H groups in total. The predicted molar refractivity (Wildman–Crippen MR) is 56.9 cm³/mol. The highest BCUT2D eigenvalue weighted by Gasteiger charge is 2.13. The molecular formula is C12H14O3. The zero-order valence-corrected chi connectivity index (χ0v) is 8.95. The van der Waals surface area contributed by atoms with Crippen LogP contribution in [0, 0.1) is 6.92 Å². The first-order valence-electron chi connectivity index (χ1n) is 4.81. The lowest BCUT2D eigenvalue weighted by Crippen LogP contribution is -2.08. The van der Waals surface area contributed by atoms with Gasteiger partial charge in [-0.1, -0.05) is 18.2 Å². The van der Waals surface area contributed by atoms with Crippen LogP contribution in [0.5, 0.6) is 0 Å². The Hall–Kier alpha value is -1.64. The molecule has 0 aliphatic carbocycles. The van der Waals surface area contributed by atoms with Gasteiger partial charge in [0.25, 0.3) is 0 Å². The first-order chi connectivity index (χ1) is 7.20. The van der Waals surface area contributed by atoms with E-state index in [1.54, 1.807) is 0 Å². The SMILES string of the molecule is COC(=O)c1c(C)cccc1CCC=O. The number of hydrogen-bond acceptors (Lipinski definition) is 3. The van der Waals surface area contributed by atoms with Crippen LogP contribution in [0.3, 0.4) is 0 Å². The summed E-state index contributed by atoms with van der Waals surface area (Å²) < 4.78 is 4.71. The summed E-state index contributed by atoms with van der Waals surface area (Å²) in [5.41, 5.74) is 2.33. The van der Waals surface area contributed by atoms with E-state index < -0.39 is 0 Å². The predicted octanol–water partition coefficient (Wildman–Crippen LogP) is 1.91. The molecule has 0 aliphatic rings. The van der Waals surface area contributed by atoms with Crippen LogP contribution in [0.1, 0.15) is 27.9 Å². The van der Waals surface area contributed by atoms with E-state index in [9.17, 15) is 9.59 Å². The van der Waals surface area contributed by atoms with Gasteiger partial charge in [-0.25, -0.2) is 4.79 Å². The third-order valence-electron chi connectivity index (χ3n) is 2.28. The van der Waals surface area contributed by atoms with E-state index in [0.29, 0.717) is 18.4 Å². The van der Waals surface area contributed by atoms with Gasteiger partial charge in [-0.05, 0) is 24.5 Å². The van der Waals surface area contributed by atoms with E-state index in [1.165, 1.54) is 7.11 Å². The lowest BCUT2D eigenvalue weighted by molar-refractivity contribution is -0.107. The van der Waals surface area contributed by atoms with Crippen LogP contribution in [-0.4, -0.2) is 19.4 Å². The third kappa shape index (κ3) is 2.65. The number of aryl methyl sites for hydroxylation is 2. The lowest BCUT2D eigenvalue weighted by Gasteiger charge is -2.09. The summed E-state index contributed by atoms with van der Waals surface area (Å²) in [6.07, 6.45) is 1.85. The van der Waals surface area contributed by atoms with Crippen molar-refractivity contribution < 1.29 is 14.3 Å². The zero-order valence-electron chi connectivity index (χ0n) is 8.95. The van der Waals surface area contributed by atoms with Gasteiger partial charge in [0.05, 0.1) is 12.7 Å². The first kappa shape index (κ1) is 11.4. The molecule has 1 aromatic rings. The van der Waals surface area contributed by atoms with Crippen LogP contribution >= 0.6 is 0 Å². The minimum Gasteiger partial charge on any atom is -0.465 e. The van der Waals surface area contributed by atoms with E-state index in [-0.39, 0.29) is 5.97 Å². The largest absolute Gasteiger partial charge is 0.465 e. The maximum Gasteiger partial charge on any atom is 0.338 e. The van der Waals surface area contributed by atoms with Crippen LogP contribution < -0.4 is 0 Å². The fraction of sp³-hybridized carbons (Fsp3) is 0.333. The lowest BCUT2D eigenvalue weighted by atomic mass is 9.99. The molecule has 0 fully saturated rings. The molecule has 3 heteroatoms. The zero-order chi connectivity index (χ0) is 11.3. The van der Waals surface area contributed by atoms with E-state index in [0.717, 1.165) is 17.4 Å². The summed E-state index contributed by atoms with van der Waals surface area (Å²) in [6, 6.07) is 5.58. The molecule has 0 aliphatic heterocycles. The molecule has 0 heterocycles. The molecule has 3 nitrogen and oxygen atoms in total. The highest BCUT2D eigenvalue weighted by molar-refractivity contribution is 5.92. The maximum atomic E-state index is 11.5. The first-order valence-corrected chi connectivity index (χ1v) is 4.81. The molecule has 0 saturated carbocycles. The Kier molecular flexibility index (Phi) is 4.03. The molecule has 0 atom stereocenters. The second kappa shape index (κ2) is 5.29. The highest BCUT2D eigenvalue weighted by atomic mass is 16.5. The van der Waals surface area contributed by atoms with Gasteiger partial charge < -0.3 is 9.53 Å². The summed E-state index contributed by atoms with van der Waals surface area (Å²) in [5, 5.41) is 0. The molecule has 0 bridgehead atoms. The van der Waals surface area contributed by atoms with Crippen molar-refractivity contribution in [2.75, 3.05) is 7.11 Å². The van der Waals surface area contributed by atoms with Gasteiger partial charge in [0.2, 0.25) is 0 Å². The fourth-order valence-corrected chi connectivity index (χ4v) is 1.55. The van der Waals surface area contributed by atoms with Crippen LogP contribution in [-0.2, 0) is 16.0 Å². The topological polar surface area (TPSA) is 43.4 Å². The standard InChI is InChI=1S/C12H14O3/c1-9-5-3-6-10(7-4-8-13)11(9)12(14)15-2/h3,5-6,8H,4,7H2,1-2H3. The molecule has 0 aromatic heterocycles. The number of aldehydes is 1. The van der Waals surface area contributed by atoms with E-state index in [1.807, 2.05) is 25.1 Å². The number of carbonyl (C=O) groups excluding carboxylic acids is 2. The van der Waals surface area contributed by atoms with Crippen LogP contribution in [0.4, 0.5) is 0 Å². The van der Waals surface area contributed by atoms with Crippen LogP contribution in [0.2, 0.25) is 0 Å². The van der Waals surface area contributed by atoms with Crippen molar-refractivity contribution >= 4 is 12.3 Å². The fourth-order valence-electron chi connectivity index (χ4n) is 1.55. The normalized spacial score (nSPS) is 9.73. The summed E-state index contributed by atoms with van der Waals surface area (Å²) in [4.78, 5) is 21.8. The van der Waals surface area contributed by atoms with Gasteiger partial charge in [0.1, 0.15) is 6.29 Å². The number of ether oxygens (including phenoxy) is 1. The van der Waals surface area contributed by atoms with E-state index in [4.69, 9.17) is 4.74 Å². The second-order valence-corrected chi connectivity index (χ2v) is 3.31. The van der Waals surface area contributed by atoms with Crippen molar-refractivity contribution in [3.8, 4) is 0 Å². The van der Waals surface area contributed by atoms with Crippen molar-refractivity contribution in [2.45, 2.75) is 19.8 Å². The van der Waals surface area contributed by atoms with E-state index in [2.05, 4.69) is 0 Å². The summed E-state index contributed by atoms with van der Waals surface area (Å²) in [6.45, 7) is 1.86. The molecule has 15 heavy (non-hydrogen) atoms. The monoisotopic (exact) mass is 206 g/mol. The van der Waals surface area contributed by atoms with Crippen LogP contribution in [0.25, 0.3) is 0 Å². The molecule has 0 amide bonds. The molecule has 1 rings (SSSR count). The van der Waals surface area contributed by atoms with Crippen molar-refractivity contribution in [3.05, 3.63) is 34.9 Å². The number of hydrogen-bond donors (Lipinski definition) is 0. The quantitative estimate of drug-likeness (QED) is 0.558. The van der Waals surface area contributed by atoms with E-state index >= 15 is 0 Å². The van der Waals surface area contributed by atoms with Crippen LogP contribution in [0.15, 0.2) is 18.2 Å². The van der Waals surface area contributed by atoms with Crippen molar-refractivity contribution in [3.63, 3.8) is 0 Å². The molecular weight excluding hydrogens is 192 g/mol. The molecule has 0 spiro atoms. The van der Waals surface area contributed by atoms with Gasteiger partial charge in [-0.2, -0.15) is 0 Å². The van der Waals surface area contributed by atoms with Gasteiger partial charge in [-0.15, -0.1) is 0 Å². The summed E-state index contributed by atoms with van der Waals surface area (Å²) in [7, 11) is 1.36. The average Bonchev–Trinajstić information content (AvgIpc) is 2.25. The smallest absolute Gasteiger partial charge is 0.338 e. The average molecular weight is 206 g/mol. The van der Waals surface area contributed by atoms with Crippen molar-refractivity contribution in [1.82, 2.24) is 0 Å². The van der Waals surface area contributed by atoms with Gasteiger partial charge >= 0.3 is 5.97 Å². The Balaban J connectivity index is 3.08. The number of benzene rings is 1.